The summed E-state index contributed by atoms with van der Waals surface area (Å²) in [5, 5.41) is 3.05. The van der Waals surface area contributed by atoms with Crippen LogP contribution in [0.3, 0.4) is 0 Å². The van der Waals surface area contributed by atoms with E-state index in [-0.39, 0.29) is 11.8 Å². The molecule has 0 saturated carbocycles. The molecule has 1 N–H and O–H groups in total. The highest BCUT2D eigenvalue weighted by Crippen LogP contribution is 2.28. The number of benzene rings is 2. The molecule has 0 fully saturated rings. The van der Waals surface area contributed by atoms with Crippen molar-refractivity contribution in [3.63, 3.8) is 0 Å². The van der Waals surface area contributed by atoms with E-state index in [1.165, 1.54) is 0 Å². The fourth-order valence-electron chi connectivity index (χ4n) is 3.45. The van der Waals surface area contributed by atoms with Gasteiger partial charge in [-0.2, -0.15) is 0 Å². The second kappa shape index (κ2) is 7.32. The molecule has 4 nitrogen and oxygen atoms in total. The topological polar surface area (TPSA) is 49.4 Å². The Morgan fingerprint density at radius 2 is 1.85 bits per heavy atom. The van der Waals surface area contributed by atoms with Crippen molar-refractivity contribution in [2.24, 2.45) is 5.92 Å². The van der Waals surface area contributed by atoms with Crippen molar-refractivity contribution in [1.82, 2.24) is 4.90 Å². The molecule has 0 aliphatic carbocycles. The molecule has 1 heterocycles. The fourth-order valence-corrected chi connectivity index (χ4v) is 3.45. The number of fused-ring (bicyclic) bond motifs is 1. The first kappa shape index (κ1) is 18.2. The molecule has 26 heavy (non-hydrogen) atoms. The number of rotatable bonds is 5. The number of nitrogens with zero attached hydrogens (tertiary/aromatic N) is 1. The van der Waals surface area contributed by atoms with Gasteiger partial charge in [-0.05, 0) is 55.0 Å². The lowest BCUT2D eigenvalue weighted by atomic mass is 10.0. The monoisotopic (exact) mass is 350 g/mol. The smallest absolute Gasteiger partial charge is 0.255 e. The van der Waals surface area contributed by atoms with Crippen LogP contribution in [-0.4, -0.2) is 22.8 Å². The van der Waals surface area contributed by atoms with E-state index in [1.807, 2.05) is 56.3 Å². The fraction of sp³-hybridized carbons (Fsp3) is 0.364. The highest BCUT2D eigenvalue weighted by Gasteiger charge is 2.36. The third-order valence-corrected chi connectivity index (χ3v) is 5.09. The molecule has 136 valence electrons. The van der Waals surface area contributed by atoms with Gasteiger partial charge in [0.2, 0.25) is 5.91 Å². The van der Waals surface area contributed by atoms with Crippen LogP contribution in [0.4, 0.5) is 5.69 Å². The minimum absolute atomic E-state index is 0.0534. The molecule has 1 aliphatic heterocycles. The van der Waals surface area contributed by atoms with Crippen molar-refractivity contribution in [3.05, 3.63) is 64.7 Å². The van der Waals surface area contributed by atoms with Gasteiger partial charge in [0.05, 0.1) is 0 Å². The van der Waals surface area contributed by atoms with Crippen molar-refractivity contribution >= 4 is 17.5 Å². The van der Waals surface area contributed by atoms with E-state index < -0.39 is 6.04 Å². The minimum Gasteiger partial charge on any atom is -0.324 e. The summed E-state index contributed by atoms with van der Waals surface area (Å²) in [6.45, 7) is 8.67. The zero-order chi connectivity index (χ0) is 18.8. The Hall–Kier alpha value is -2.62. The van der Waals surface area contributed by atoms with Gasteiger partial charge in [-0.3, -0.25) is 9.59 Å². The number of nitrogens with one attached hydrogen (secondary N) is 1. The number of anilines is 1. The van der Waals surface area contributed by atoms with Gasteiger partial charge in [-0.25, -0.2) is 0 Å². The maximum Gasteiger partial charge on any atom is 0.255 e. The molecule has 0 radical (unpaired) electrons. The van der Waals surface area contributed by atoms with Gasteiger partial charge in [0, 0.05) is 17.8 Å². The second-order valence-electron chi connectivity index (χ2n) is 7.47. The number of carbonyl (C=O) groups excluding carboxylic acids is 2. The summed E-state index contributed by atoms with van der Waals surface area (Å²) in [6, 6.07) is 13.0. The Kier molecular flexibility index (Phi) is 5.12. The minimum atomic E-state index is -0.477. The van der Waals surface area contributed by atoms with E-state index in [4.69, 9.17) is 0 Å². The lowest BCUT2D eigenvalue weighted by molar-refractivity contribution is -0.121. The van der Waals surface area contributed by atoms with Crippen molar-refractivity contribution < 1.29 is 9.59 Å². The van der Waals surface area contributed by atoms with Gasteiger partial charge >= 0.3 is 0 Å². The molecule has 0 aromatic heterocycles. The Morgan fingerprint density at radius 3 is 2.54 bits per heavy atom. The van der Waals surface area contributed by atoms with Gasteiger partial charge in [-0.15, -0.1) is 0 Å². The molecule has 1 aliphatic rings. The zero-order valence-electron chi connectivity index (χ0n) is 15.9. The molecule has 2 aromatic rings. The number of amides is 2. The average Bonchev–Trinajstić information content (AvgIpc) is 2.93. The Morgan fingerprint density at radius 1 is 1.12 bits per heavy atom. The Balaban J connectivity index is 1.86. The highest BCUT2D eigenvalue weighted by atomic mass is 16.2. The first-order valence-corrected chi connectivity index (χ1v) is 9.14. The predicted octanol–water partition coefficient (Wildman–Crippen LogP) is 4.31. The highest BCUT2D eigenvalue weighted by molar-refractivity contribution is 6.03. The summed E-state index contributed by atoms with van der Waals surface area (Å²) in [7, 11) is 0. The lowest BCUT2D eigenvalue weighted by Gasteiger charge is -2.28. The largest absolute Gasteiger partial charge is 0.324 e. The van der Waals surface area contributed by atoms with E-state index in [0.717, 1.165) is 22.4 Å². The van der Waals surface area contributed by atoms with E-state index in [2.05, 4.69) is 19.2 Å². The van der Waals surface area contributed by atoms with Gasteiger partial charge in [0.1, 0.15) is 6.04 Å². The van der Waals surface area contributed by atoms with Crippen LogP contribution in [0.15, 0.2) is 42.5 Å². The van der Waals surface area contributed by atoms with Crippen LogP contribution in [0.1, 0.15) is 47.3 Å². The predicted molar refractivity (Wildman–Crippen MR) is 104 cm³/mol. The maximum atomic E-state index is 13.1. The molecule has 2 aromatic carbocycles. The van der Waals surface area contributed by atoms with Crippen LogP contribution < -0.4 is 5.32 Å². The molecule has 0 unspecified atom stereocenters. The van der Waals surface area contributed by atoms with Crippen molar-refractivity contribution in [2.75, 3.05) is 5.32 Å². The van der Waals surface area contributed by atoms with E-state index in [1.54, 1.807) is 4.90 Å². The Bertz CT molecular complexity index is 842. The SMILES string of the molecule is Cc1cccc(NC(=O)[C@H](CC(C)C)N2Cc3ccccc3C2=O)c1C. The standard InChI is InChI=1S/C22H26N2O2/c1-14(2)12-20(21(25)23-19-11-7-8-15(3)16(19)4)24-13-17-9-5-6-10-18(17)22(24)26/h5-11,14,20H,12-13H2,1-4H3,(H,23,25)/t20-/m0/s1. The summed E-state index contributed by atoms with van der Waals surface area (Å²) >= 11 is 0. The second-order valence-corrected chi connectivity index (χ2v) is 7.47. The number of hydrogen-bond donors (Lipinski definition) is 1. The molecule has 4 heteroatoms. The van der Waals surface area contributed by atoms with E-state index in [9.17, 15) is 9.59 Å². The maximum absolute atomic E-state index is 13.1. The van der Waals surface area contributed by atoms with Crippen molar-refractivity contribution in [2.45, 2.75) is 46.7 Å². The van der Waals surface area contributed by atoms with Gasteiger partial charge in [0.25, 0.3) is 5.91 Å². The van der Waals surface area contributed by atoms with Crippen LogP contribution in [0.25, 0.3) is 0 Å². The normalized spacial score (nSPS) is 14.5. The summed E-state index contributed by atoms with van der Waals surface area (Å²) in [4.78, 5) is 27.6. The number of aryl methyl sites for hydroxylation is 1. The van der Waals surface area contributed by atoms with E-state index >= 15 is 0 Å². The lowest BCUT2D eigenvalue weighted by Crippen LogP contribution is -2.45. The van der Waals surface area contributed by atoms with Crippen LogP contribution in [0.5, 0.6) is 0 Å². The Labute approximate surface area is 155 Å². The summed E-state index contributed by atoms with van der Waals surface area (Å²) in [5.41, 5.74) is 4.70. The van der Waals surface area contributed by atoms with Crippen molar-refractivity contribution in [3.8, 4) is 0 Å². The average molecular weight is 350 g/mol. The summed E-state index contributed by atoms with van der Waals surface area (Å²) in [5.74, 6) is 0.136. The van der Waals surface area contributed by atoms with Crippen LogP contribution in [-0.2, 0) is 11.3 Å². The quantitative estimate of drug-likeness (QED) is 0.873. The molecular weight excluding hydrogens is 324 g/mol. The third kappa shape index (κ3) is 3.50. The van der Waals surface area contributed by atoms with Gasteiger partial charge in [-0.1, -0.05) is 44.2 Å². The van der Waals surface area contributed by atoms with E-state index in [0.29, 0.717) is 24.4 Å². The summed E-state index contributed by atoms with van der Waals surface area (Å²) < 4.78 is 0. The first-order chi connectivity index (χ1) is 12.4. The zero-order valence-corrected chi connectivity index (χ0v) is 15.9. The summed E-state index contributed by atoms with van der Waals surface area (Å²) in [6.07, 6.45) is 0.635. The van der Waals surface area contributed by atoms with Gasteiger partial charge < -0.3 is 10.2 Å². The van der Waals surface area contributed by atoms with Crippen LogP contribution in [0, 0.1) is 19.8 Å². The molecule has 0 saturated heterocycles. The molecule has 0 bridgehead atoms. The van der Waals surface area contributed by atoms with Crippen LogP contribution in [0.2, 0.25) is 0 Å². The number of carbonyl (C=O) groups is 2. The van der Waals surface area contributed by atoms with Gasteiger partial charge in [0.15, 0.2) is 0 Å². The molecule has 1 atom stereocenters. The molecule has 3 rings (SSSR count). The van der Waals surface area contributed by atoms with Crippen molar-refractivity contribution in [1.29, 1.82) is 0 Å². The van der Waals surface area contributed by atoms with Crippen LogP contribution >= 0.6 is 0 Å². The molecule has 0 spiro atoms. The third-order valence-electron chi connectivity index (χ3n) is 5.09. The number of hydrogen-bond acceptors (Lipinski definition) is 2. The molecular formula is C22H26N2O2. The first-order valence-electron chi connectivity index (χ1n) is 9.14. The molecule has 2 amide bonds.